The minimum absolute atomic E-state index is 0.217. The number of rotatable bonds is 0. The van der Waals surface area contributed by atoms with E-state index in [0.717, 1.165) is 19.3 Å². The molecule has 2 nitrogen and oxygen atoms in total. The quantitative estimate of drug-likeness (QED) is 0.593. The van der Waals surface area contributed by atoms with E-state index < -0.39 is 0 Å². The van der Waals surface area contributed by atoms with Crippen molar-refractivity contribution < 1.29 is 9.90 Å². The van der Waals surface area contributed by atoms with Gasteiger partial charge in [0.15, 0.2) is 0 Å². The van der Waals surface area contributed by atoms with Crippen molar-refractivity contribution in [3.05, 3.63) is 0 Å². The molecule has 0 amide bonds. The summed E-state index contributed by atoms with van der Waals surface area (Å²) in [5.74, 6) is 1.62. The summed E-state index contributed by atoms with van der Waals surface area (Å²) in [7, 11) is 0. The zero-order chi connectivity index (χ0) is 8.72. The van der Waals surface area contributed by atoms with Gasteiger partial charge in [0.05, 0.1) is 6.10 Å². The molecule has 68 valence electrons. The van der Waals surface area contributed by atoms with Crippen molar-refractivity contribution in [3.8, 4) is 0 Å². The first-order chi connectivity index (χ1) is 5.66. The molecule has 12 heavy (non-hydrogen) atoms. The molecule has 0 saturated heterocycles. The second-order valence-corrected chi connectivity index (χ2v) is 4.51. The van der Waals surface area contributed by atoms with E-state index in [-0.39, 0.29) is 12.0 Å². The Kier molecular flexibility index (Phi) is 1.95. The Morgan fingerprint density at radius 3 is 2.83 bits per heavy atom. The van der Waals surface area contributed by atoms with Gasteiger partial charge in [-0.15, -0.1) is 0 Å². The number of aliphatic hydroxyl groups is 1. The van der Waals surface area contributed by atoms with Gasteiger partial charge in [0.1, 0.15) is 5.78 Å². The van der Waals surface area contributed by atoms with E-state index in [0.29, 0.717) is 24.0 Å². The molecule has 2 fully saturated rings. The maximum Gasteiger partial charge on any atom is 0.133 e. The van der Waals surface area contributed by atoms with Gasteiger partial charge in [0.2, 0.25) is 0 Å². The van der Waals surface area contributed by atoms with Crippen LogP contribution in [0.1, 0.15) is 32.6 Å². The molecule has 2 saturated carbocycles. The van der Waals surface area contributed by atoms with Gasteiger partial charge in [-0.2, -0.15) is 0 Å². The first-order valence-electron chi connectivity index (χ1n) is 4.86. The van der Waals surface area contributed by atoms with E-state index in [9.17, 15) is 9.90 Å². The van der Waals surface area contributed by atoms with Crippen molar-refractivity contribution in [3.63, 3.8) is 0 Å². The molecule has 2 heteroatoms. The van der Waals surface area contributed by atoms with Gasteiger partial charge in [-0.25, -0.2) is 0 Å². The number of carbonyl (C=O) groups excluding carboxylic acids is 1. The summed E-state index contributed by atoms with van der Waals surface area (Å²) in [5, 5.41) is 9.75. The lowest BCUT2D eigenvalue weighted by Gasteiger charge is -2.40. The molecule has 0 aromatic carbocycles. The van der Waals surface area contributed by atoms with Crippen LogP contribution >= 0.6 is 0 Å². The van der Waals surface area contributed by atoms with E-state index in [2.05, 4.69) is 6.92 Å². The Hall–Kier alpha value is -0.370. The van der Waals surface area contributed by atoms with Gasteiger partial charge in [0.25, 0.3) is 0 Å². The third-order valence-electron chi connectivity index (χ3n) is 3.41. The van der Waals surface area contributed by atoms with E-state index in [1.165, 1.54) is 0 Å². The maximum absolute atomic E-state index is 11.2. The molecule has 2 bridgehead atoms. The Labute approximate surface area is 73.0 Å². The molecule has 4 atom stereocenters. The van der Waals surface area contributed by atoms with Gasteiger partial charge in [-0.1, -0.05) is 6.92 Å². The Morgan fingerprint density at radius 1 is 1.33 bits per heavy atom. The van der Waals surface area contributed by atoms with Crippen LogP contribution in [0.25, 0.3) is 0 Å². The van der Waals surface area contributed by atoms with Crippen LogP contribution in [0.4, 0.5) is 0 Å². The van der Waals surface area contributed by atoms with Crippen molar-refractivity contribution in [2.45, 2.75) is 38.7 Å². The number of hydrogen-bond acceptors (Lipinski definition) is 2. The van der Waals surface area contributed by atoms with Crippen LogP contribution in [-0.2, 0) is 4.79 Å². The van der Waals surface area contributed by atoms with Crippen LogP contribution in [0.2, 0.25) is 0 Å². The number of ketones is 1. The van der Waals surface area contributed by atoms with Crippen LogP contribution in [0, 0.1) is 17.8 Å². The fourth-order valence-corrected chi connectivity index (χ4v) is 2.86. The summed E-state index contributed by atoms with van der Waals surface area (Å²) >= 11 is 0. The molecule has 0 aromatic heterocycles. The number of fused-ring (bicyclic) bond motifs is 2. The first-order valence-corrected chi connectivity index (χ1v) is 4.86. The second kappa shape index (κ2) is 2.84. The summed E-state index contributed by atoms with van der Waals surface area (Å²) in [6.45, 7) is 2.10. The largest absolute Gasteiger partial charge is 0.393 e. The lowest BCUT2D eigenvalue weighted by atomic mass is 9.66. The monoisotopic (exact) mass is 168 g/mol. The standard InChI is InChI=1S/C10H16O2/c1-6-2-7-3-8(10(6)12)5-9(11)4-7/h6-8,10,12H,2-5H2,1H3. The number of hydrogen-bond donors (Lipinski definition) is 1. The lowest BCUT2D eigenvalue weighted by Crippen LogP contribution is -2.41. The minimum atomic E-state index is -0.217. The summed E-state index contributed by atoms with van der Waals surface area (Å²) in [6.07, 6.45) is 3.31. The molecule has 2 aliphatic rings. The average Bonchev–Trinajstić information content (AvgIpc) is 1.99. The molecule has 2 aliphatic carbocycles. The third-order valence-corrected chi connectivity index (χ3v) is 3.41. The summed E-state index contributed by atoms with van der Waals surface area (Å²) in [5.41, 5.74) is 0. The van der Waals surface area contributed by atoms with E-state index >= 15 is 0 Å². The highest BCUT2D eigenvalue weighted by Gasteiger charge is 2.39. The van der Waals surface area contributed by atoms with E-state index in [4.69, 9.17) is 0 Å². The fraction of sp³-hybridized carbons (Fsp3) is 0.900. The summed E-state index contributed by atoms with van der Waals surface area (Å²) < 4.78 is 0. The van der Waals surface area contributed by atoms with Crippen molar-refractivity contribution in [2.75, 3.05) is 0 Å². The van der Waals surface area contributed by atoms with E-state index in [1.807, 2.05) is 0 Å². The molecule has 4 unspecified atom stereocenters. The zero-order valence-corrected chi connectivity index (χ0v) is 7.49. The third kappa shape index (κ3) is 1.28. The molecule has 0 aliphatic heterocycles. The zero-order valence-electron chi connectivity index (χ0n) is 7.49. The van der Waals surface area contributed by atoms with Gasteiger partial charge in [0, 0.05) is 12.8 Å². The smallest absolute Gasteiger partial charge is 0.133 e. The topological polar surface area (TPSA) is 37.3 Å². The summed E-state index contributed by atoms with van der Waals surface area (Å²) in [4.78, 5) is 11.2. The maximum atomic E-state index is 11.2. The van der Waals surface area contributed by atoms with Crippen molar-refractivity contribution >= 4 is 5.78 Å². The Bertz CT molecular complexity index is 198. The molecule has 0 heterocycles. The normalized spacial score (nSPS) is 47.7. The predicted octanol–water partition coefficient (Wildman–Crippen LogP) is 1.37. The Balaban J connectivity index is 2.12. The summed E-state index contributed by atoms with van der Waals surface area (Å²) in [6, 6.07) is 0. The lowest BCUT2D eigenvalue weighted by molar-refractivity contribution is -0.128. The number of aliphatic hydroxyl groups excluding tert-OH is 1. The van der Waals surface area contributed by atoms with Crippen molar-refractivity contribution in [1.29, 1.82) is 0 Å². The van der Waals surface area contributed by atoms with Crippen LogP contribution in [0.3, 0.4) is 0 Å². The SMILES string of the molecule is CC1CC2CC(=O)CC(C2)C1O. The molecular formula is C10H16O2. The Morgan fingerprint density at radius 2 is 2.08 bits per heavy atom. The predicted molar refractivity (Wildman–Crippen MR) is 45.6 cm³/mol. The average molecular weight is 168 g/mol. The van der Waals surface area contributed by atoms with Gasteiger partial charge < -0.3 is 5.11 Å². The molecule has 2 rings (SSSR count). The van der Waals surface area contributed by atoms with Crippen molar-refractivity contribution in [2.24, 2.45) is 17.8 Å². The van der Waals surface area contributed by atoms with Crippen LogP contribution in [-0.4, -0.2) is 17.0 Å². The van der Waals surface area contributed by atoms with Crippen molar-refractivity contribution in [1.82, 2.24) is 0 Å². The molecule has 0 spiro atoms. The highest BCUT2D eigenvalue weighted by Crippen LogP contribution is 2.41. The van der Waals surface area contributed by atoms with Gasteiger partial charge in [-0.3, -0.25) is 4.79 Å². The van der Waals surface area contributed by atoms with Gasteiger partial charge in [-0.05, 0) is 30.6 Å². The highest BCUT2D eigenvalue weighted by molar-refractivity contribution is 5.79. The molecule has 1 N–H and O–H groups in total. The molecule has 0 radical (unpaired) electrons. The molecule has 0 aromatic rings. The second-order valence-electron chi connectivity index (χ2n) is 4.51. The highest BCUT2D eigenvalue weighted by atomic mass is 16.3. The molecular weight excluding hydrogens is 152 g/mol. The van der Waals surface area contributed by atoms with Crippen LogP contribution in [0.15, 0.2) is 0 Å². The fourth-order valence-electron chi connectivity index (χ4n) is 2.86. The van der Waals surface area contributed by atoms with Gasteiger partial charge >= 0.3 is 0 Å². The minimum Gasteiger partial charge on any atom is -0.393 e. The van der Waals surface area contributed by atoms with Crippen LogP contribution < -0.4 is 0 Å². The first kappa shape index (κ1) is 8.24. The van der Waals surface area contributed by atoms with E-state index in [1.54, 1.807) is 0 Å². The number of carbonyl (C=O) groups is 1. The number of Topliss-reactive ketones (excluding diaryl/α,β-unsaturated/α-hetero) is 1. The van der Waals surface area contributed by atoms with Crippen LogP contribution in [0.5, 0.6) is 0 Å².